The normalized spacial score (nSPS) is 21.9. The number of hydrogen-bond donors (Lipinski definition) is 2. The lowest BCUT2D eigenvalue weighted by Crippen LogP contribution is -2.32. The second-order valence-corrected chi connectivity index (χ2v) is 5.26. The van der Waals surface area contributed by atoms with Crippen molar-refractivity contribution in [2.75, 3.05) is 6.61 Å². The molecule has 1 heterocycles. The van der Waals surface area contributed by atoms with Crippen LogP contribution in [0.4, 0.5) is 0 Å². The van der Waals surface area contributed by atoms with Gasteiger partial charge >= 0.3 is 7.12 Å². The third kappa shape index (κ3) is 3.25. The van der Waals surface area contributed by atoms with Gasteiger partial charge in [-0.1, -0.05) is 18.2 Å². The molecule has 0 spiro atoms. The molecule has 1 aliphatic heterocycles. The Kier molecular flexibility index (Phi) is 3.95. The van der Waals surface area contributed by atoms with Crippen LogP contribution in [-0.2, 0) is 4.74 Å². The first-order valence-corrected chi connectivity index (χ1v) is 6.24. The van der Waals surface area contributed by atoms with Crippen LogP contribution in [0.2, 0.25) is 0 Å². The Morgan fingerprint density at radius 1 is 1.39 bits per heavy atom. The van der Waals surface area contributed by atoms with E-state index in [1.54, 1.807) is 24.3 Å². The summed E-state index contributed by atoms with van der Waals surface area (Å²) < 4.78 is 11.5. The zero-order valence-electron chi connectivity index (χ0n) is 10.8. The van der Waals surface area contributed by atoms with Crippen LogP contribution < -0.4 is 10.2 Å². The highest BCUT2D eigenvalue weighted by atomic mass is 16.6. The minimum absolute atomic E-state index is 0.0730. The zero-order chi connectivity index (χ0) is 13.2. The van der Waals surface area contributed by atoms with Crippen molar-refractivity contribution >= 4 is 12.6 Å². The summed E-state index contributed by atoms with van der Waals surface area (Å²) in [6.45, 7) is 4.57. The molecule has 0 aliphatic carbocycles. The molecule has 4 nitrogen and oxygen atoms in total. The second-order valence-electron chi connectivity index (χ2n) is 5.26. The third-order valence-electron chi connectivity index (χ3n) is 3.18. The molecular formula is C13H19BO4. The van der Waals surface area contributed by atoms with E-state index in [4.69, 9.17) is 9.47 Å². The van der Waals surface area contributed by atoms with Gasteiger partial charge in [0.1, 0.15) is 12.4 Å². The maximum absolute atomic E-state index is 9.22. The lowest BCUT2D eigenvalue weighted by atomic mass is 9.79. The summed E-state index contributed by atoms with van der Waals surface area (Å²) in [5.41, 5.74) is 0.305. The van der Waals surface area contributed by atoms with E-state index in [-0.39, 0.29) is 11.7 Å². The summed E-state index contributed by atoms with van der Waals surface area (Å²) in [6, 6.07) is 6.92. The zero-order valence-corrected chi connectivity index (χ0v) is 10.8. The van der Waals surface area contributed by atoms with Crippen LogP contribution in [0, 0.1) is 0 Å². The first-order valence-electron chi connectivity index (χ1n) is 6.24. The van der Waals surface area contributed by atoms with E-state index in [0.29, 0.717) is 17.8 Å². The van der Waals surface area contributed by atoms with E-state index < -0.39 is 7.12 Å². The molecular weight excluding hydrogens is 231 g/mol. The van der Waals surface area contributed by atoms with E-state index >= 15 is 0 Å². The smallest absolute Gasteiger partial charge is 0.491 e. The summed E-state index contributed by atoms with van der Waals surface area (Å²) in [5.74, 6) is 0.501. The van der Waals surface area contributed by atoms with Crippen molar-refractivity contribution in [1.29, 1.82) is 0 Å². The van der Waals surface area contributed by atoms with E-state index in [1.165, 1.54) is 0 Å². The highest BCUT2D eigenvalue weighted by Crippen LogP contribution is 2.29. The van der Waals surface area contributed by atoms with Gasteiger partial charge in [0.15, 0.2) is 0 Å². The van der Waals surface area contributed by atoms with Crippen LogP contribution in [0.15, 0.2) is 24.3 Å². The number of hydrogen-bond acceptors (Lipinski definition) is 4. The summed E-state index contributed by atoms with van der Waals surface area (Å²) >= 11 is 0. The molecule has 1 saturated heterocycles. The molecule has 0 bridgehead atoms. The van der Waals surface area contributed by atoms with E-state index in [0.717, 1.165) is 12.8 Å². The Bertz CT molecular complexity index is 406. The van der Waals surface area contributed by atoms with Crippen molar-refractivity contribution in [3.8, 4) is 5.75 Å². The van der Waals surface area contributed by atoms with Crippen LogP contribution in [-0.4, -0.2) is 35.5 Å². The van der Waals surface area contributed by atoms with Gasteiger partial charge in [-0.05, 0) is 32.8 Å². The molecule has 1 unspecified atom stereocenters. The molecule has 0 radical (unpaired) electrons. The maximum atomic E-state index is 9.22. The first kappa shape index (κ1) is 13.4. The van der Waals surface area contributed by atoms with Crippen molar-refractivity contribution in [3.05, 3.63) is 24.3 Å². The van der Waals surface area contributed by atoms with Crippen molar-refractivity contribution in [2.45, 2.75) is 38.4 Å². The Morgan fingerprint density at radius 2 is 2.11 bits per heavy atom. The third-order valence-corrected chi connectivity index (χ3v) is 3.18. The Balaban J connectivity index is 1.95. The summed E-state index contributed by atoms with van der Waals surface area (Å²) in [4.78, 5) is 0. The molecule has 98 valence electrons. The van der Waals surface area contributed by atoms with Crippen LogP contribution in [0.1, 0.15) is 26.7 Å². The molecule has 2 N–H and O–H groups in total. The largest absolute Gasteiger partial charge is 0.492 e. The molecule has 1 atom stereocenters. The molecule has 18 heavy (non-hydrogen) atoms. The van der Waals surface area contributed by atoms with Gasteiger partial charge in [-0.2, -0.15) is 0 Å². The molecule has 0 aromatic heterocycles. The molecule has 1 aromatic rings. The summed E-state index contributed by atoms with van der Waals surface area (Å²) in [5, 5.41) is 18.4. The molecule has 1 fully saturated rings. The lowest BCUT2D eigenvalue weighted by molar-refractivity contribution is -0.0325. The van der Waals surface area contributed by atoms with Crippen molar-refractivity contribution in [1.82, 2.24) is 0 Å². The van der Waals surface area contributed by atoms with Crippen LogP contribution >= 0.6 is 0 Å². The predicted molar refractivity (Wildman–Crippen MR) is 69.9 cm³/mol. The van der Waals surface area contributed by atoms with Gasteiger partial charge in [0, 0.05) is 5.46 Å². The number of para-hydroxylation sites is 1. The van der Waals surface area contributed by atoms with Crippen LogP contribution in [0.3, 0.4) is 0 Å². The highest BCUT2D eigenvalue weighted by Gasteiger charge is 2.32. The average Bonchev–Trinajstić information content (AvgIpc) is 2.66. The fourth-order valence-electron chi connectivity index (χ4n) is 2.20. The van der Waals surface area contributed by atoms with Gasteiger partial charge < -0.3 is 19.5 Å². The summed E-state index contributed by atoms with van der Waals surface area (Å²) in [7, 11) is -1.51. The van der Waals surface area contributed by atoms with Gasteiger partial charge in [-0.25, -0.2) is 0 Å². The molecule has 1 aromatic carbocycles. The fraction of sp³-hybridized carbons (Fsp3) is 0.538. The Hall–Kier alpha value is -1.04. The molecule has 0 saturated carbocycles. The van der Waals surface area contributed by atoms with Gasteiger partial charge in [0.2, 0.25) is 0 Å². The second kappa shape index (κ2) is 5.30. The van der Waals surface area contributed by atoms with Crippen molar-refractivity contribution < 1.29 is 19.5 Å². The van der Waals surface area contributed by atoms with E-state index in [2.05, 4.69) is 13.8 Å². The molecule has 5 heteroatoms. The summed E-state index contributed by atoms with van der Waals surface area (Å²) in [6.07, 6.45) is 2.06. The Morgan fingerprint density at radius 3 is 2.72 bits per heavy atom. The minimum atomic E-state index is -1.51. The quantitative estimate of drug-likeness (QED) is 0.772. The molecule has 0 amide bonds. The van der Waals surface area contributed by atoms with E-state index in [1.807, 2.05) is 0 Å². The first-order chi connectivity index (χ1) is 8.48. The topological polar surface area (TPSA) is 58.9 Å². The molecule has 2 rings (SSSR count). The average molecular weight is 250 g/mol. The standard InChI is InChI=1S/C13H19BO4/c1-13(2)8-7-10(18-13)9-17-12-6-4-3-5-11(12)14(15)16/h3-6,10,15-16H,7-9H2,1-2H3. The van der Waals surface area contributed by atoms with Gasteiger partial charge in [-0.15, -0.1) is 0 Å². The number of ether oxygens (including phenoxy) is 2. The monoisotopic (exact) mass is 250 g/mol. The van der Waals surface area contributed by atoms with Gasteiger partial charge in [0.05, 0.1) is 11.7 Å². The Labute approximate surface area is 108 Å². The lowest BCUT2D eigenvalue weighted by Gasteiger charge is -2.20. The number of benzene rings is 1. The minimum Gasteiger partial charge on any atom is -0.491 e. The van der Waals surface area contributed by atoms with Crippen LogP contribution in [0.25, 0.3) is 0 Å². The molecule has 1 aliphatic rings. The fourth-order valence-corrected chi connectivity index (χ4v) is 2.20. The van der Waals surface area contributed by atoms with Crippen molar-refractivity contribution in [3.63, 3.8) is 0 Å². The van der Waals surface area contributed by atoms with E-state index in [9.17, 15) is 10.0 Å². The number of rotatable bonds is 4. The van der Waals surface area contributed by atoms with Gasteiger partial charge in [0.25, 0.3) is 0 Å². The highest BCUT2D eigenvalue weighted by molar-refractivity contribution is 6.59. The maximum Gasteiger partial charge on any atom is 0.492 e. The predicted octanol–water partition coefficient (Wildman–Crippen LogP) is 0.703. The van der Waals surface area contributed by atoms with Crippen LogP contribution in [0.5, 0.6) is 5.75 Å². The SMILES string of the molecule is CC1(C)CCC(COc2ccccc2B(O)O)O1. The van der Waals surface area contributed by atoms with Crippen molar-refractivity contribution in [2.24, 2.45) is 0 Å². The van der Waals surface area contributed by atoms with Gasteiger partial charge in [-0.3, -0.25) is 0 Å².